The van der Waals surface area contributed by atoms with Crippen molar-refractivity contribution in [3.63, 3.8) is 0 Å². The van der Waals surface area contributed by atoms with Crippen LogP contribution in [-0.4, -0.2) is 16.1 Å². The molecule has 0 saturated carbocycles. The topological polar surface area (TPSA) is 54.9 Å². The van der Waals surface area contributed by atoms with Crippen LogP contribution in [0.25, 0.3) is 10.6 Å². The van der Waals surface area contributed by atoms with Crippen molar-refractivity contribution in [3.8, 4) is 10.6 Å². The second-order valence-corrected chi connectivity index (χ2v) is 5.62. The summed E-state index contributed by atoms with van der Waals surface area (Å²) in [5, 5.41) is 12.5. The minimum Gasteiger partial charge on any atom is -0.345 e. The van der Waals surface area contributed by atoms with E-state index in [1.165, 1.54) is 35.6 Å². The Labute approximate surface area is 130 Å². The molecule has 1 N–H and O–H groups in total. The van der Waals surface area contributed by atoms with E-state index in [2.05, 4.69) is 15.5 Å². The summed E-state index contributed by atoms with van der Waals surface area (Å²) >= 11 is 1.43. The van der Waals surface area contributed by atoms with Gasteiger partial charge in [-0.1, -0.05) is 41.7 Å². The van der Waals surface area contributed by atoms with E-state index < -0.39 is 0 Å². The van der Waals surface area contributed by atoms with Crippen LogP contribution < -0.4 is 5.32 Å². The lowest BCUT2D eigenvalue weighted by molar-refractivity contribution is 0.0951. The number of amides is 1. The number of aromatic nitrogens is 2. The van der Waals surface area contributed by atoms with Gasteiger partial charge in [0, 0.05) is 11.1 Å². The quantitative estimate of drug-likeness (QED) is 0.804. The zero-order chi connectivity index (χ0) is 15.4. The molecule has 2 aromatic carbocycles. The van der Waals surface area contributed by atoms with E-state index in [1.54, 1.807) is 0 Å². The van der Waals surface area contributed by atoms with Gasteiger partial charge in [-0.15, -0.1) is 10.2 Å². The number of halogens is 1. The first-order valence-corrected chi connectivity index (χ1v) is 7.45. The number of hydrogen-bond acceptors (Lipinski definition) is 4. The van der Waals surface area contributed by atoms with Crippen molar-refractivity contribution in [2.24, 2.45) is 0 Å². The summed E-state index contributed by atoms with van der Waals surface area (Å²) in [7, 11) is 0. The molecular formula is C16H12FN3OS. The van der Waals surface area contributed by atoms with Gasteiger partial charge < -0.3 is 5.32 Å². The van der Waals surface area contributed by atoms with Crippen LogP contribution in [0.1, 0.15) is 15.4 Å². The van der Waals surface area contributed by atoms with Gasteiger partial charge in [0.2, 0.25) is 0 Å². The van der Waals surface area contributed by atoms with E-state index >= 15 is 0 Å². The Hall–Kier alpha value is -2.60. The highest BCUT2D eigenvalue weighted by atomic mass is 32.1. The van der Waals surface area contributed by atoms with E-state index in [4.69, 9.17) is 0 Å². The summed E-state index contributed by atoms with van der Waals surface area (Å²) in [6.07, 6.45) is 0. The predicted octanol–water partition coefficient (Wildman–Crippen LogP) is 3.27. The largest absolute Gasteiger partial charge is 0.345 e. The van der Waals surface area contributed by atoms with E-state index in [1.807, 2.05) is 30.3 Å². The molecule has 3 aromatic rings. The first-order chi connectivity index (χ1) is 10.7. The van der Waals surface area contributed by atoms with E-state index in [9.17, 15) is 9.18 Å². The molecule has 22 heavy (non-hydrogen) atoms. The number of rotatable bonds is 4. The molecule has 0 atom stereocenters. The average Bonchev–Trinajstić information content (AvgIpc) is 3.03. The minimum absolute atomic E-state index is 0.267. The first kappa shape index (κ1) is 14.3. The first-order valence-electron chi connectivity index (χ1n) is 6.64. The monoisotopic (exact) mass is 313 g/mol. The maximum Gasteiger partial charge on any atom is 0.251 e. The molecular weight excluding hydrogens is 301 g/mol. The standard InChI is InChI=1S/C16H12FN3OS/c17-13-8-6-11(7-9-13)15(21)18-10-14-19-20-16(22-14)12-4-2-1-3-5-12/h1-9H,10H2,(H,18,21). The SMILES string of the molecule is O=C(NCc1nnc(-c2ccccc2)s1)c1ccc(F)cc1. The fourth-order valence-electron chi connectivity index (χ4n) is 1.88. The van der Waals surface area contributed by atoms with Crippen LogP contribution >= 0.6 is 11.3 Å². The van der Waals surface area contributed by atoms with Crippen LogP contribution in [0.4, 0.5) is 4.39 Å². The van der Waals surface area contributed by atoms with E-state index in [0.29, 0.717) is 17.1 Å². The maximum absolute atomic E-state index is 12.8. The second-order valence-electron chi connectivity index (χ2n) is 4.56. The number of nitrogens with zero attached hydrogens (tertiary/aromatic N) is 2. The smallest absolute Gasteiger partial charge is 0.251 e. The van der Waals surface area contributed by atoms with E-state index in [-0.39, 0.29) is 11.7 Å². The molecule has 0 aliphatic carbocycles. The van der Waals surface area contributed by atoms with Crippen LogP contribution in [0.2, 0.25) is 0 Å². The van der Waals surface area contributed by atoms with Gasteiger partial charge in [-0.3, -0.25) is 4.79 Å². The third-order valence-corrected chi connectivity index (χ3v) is 3.97. The summed E-state index contributed by atoms with van der Waals surface area (Å²) in [6.45, 7) is 0.292. The number of carbonyl (C=O) groups is 1. The third-order valence-electron chi connectivity index (χ3n) is 2.99. The number of benzene rings is 2. The van der Waals surface area contributed by atoms with Crippen molar-refractivity contribution in [1.82, 2.24) is 15.5 Å². The second kappa shape index (κ2) is 6.44. The molecule has 0 aliphatic rings. The van der Waals surface area contributed by atoms with Crippen LogP contribution in [0.5, 0.6) is 0 Å². The molecule has 0 fully saturated rings. The van der Waals surface area contributed by atoms with Crippen molar-refractivity contribution in [2.45, 2.75) is 6.54 Å². The van der Waals surface area contributed by atoms with Gasteiger partial charge in [0.15, 0.2) is 0 Å². The normalized spacial score (nSPS) is 10.4. The molecule has 0 saturated heterocycles. The Bertz CT molecular complexity index is 772. The van der Waals surface area contributed by atoms with Crippen molar-refractivity contribution >= 4 is 17.2 Å². The molecule has 3 rings (SSSR count). The van der Waals surface area contributed by atoms with Gasteiger partial charge in [0.05, 0.1) is 6.54 Å². The number of carbonyl (C=O) groups excluding carboxylic acids is 1. The average molecular weight is 313 g/mol. The van der Waals surface area contributed by atoms with E-state index in [0.717, 1.165) is 10.6 Å². The molecule has 0 spiro atoms. The Morgan fingerprint density at radius 2 is 1.77 bits per heavy atom. The molecule has 0 unspecified atom stereocenters. The lowest BCUT2D eigenvalue weighted by Gasteiger charge is -2.02. The summed E-state index contributed by atoms with van der Waals surface area (Å²) < 4.78 is 12.8. The summed E-state index contributed by atoms with van der Waals surface area (Å²) in [4.78, 5) is 11.9. The summed E-state index contributed by atoms with van der Waals surface area (Å²) in [5.74, 6) is -0.635. The fourth-order valence-corrected chi connectivity index (χ4v) is 2.67. The Morgan fingerprint density at radius 1 is 1.05 bits per heavy atom. The molecule has 1 heterocycles. The highest BCUT2D eigenvalue weighted by molar-refractivity contribution is 7.14. The Balaban J connectivity index is 1.64. The van der Waals surface area contributed by atoms with Gasteiger partial charge in [-0.2, -0.15) is 0 Å². The summed E-state index contributed by atoms with van der Waals surface area (Å²) in [6, 6.07) is 15.1. The van der Waals surface area contributed by atoms with Gasteiger partial charge in [-0.25, -0.2) is 4.39 Å². The number of nitrogens with one attached hydrogen (secondary N) is 1. The zero-order valence-electron chi connectivity index (χ0n) is 11.5. The molecule has 6 heteroatoms. The van der Waals surface area contributed by atoms with Crippen molar-refractivity contribution < 1.29 is 9.18 Å². The molecule has 0 radical (unpaired) electrons. The van der Waals surface area contributed by atoms with Crippen LogP contribution in [0, 0.1) is 5.82 Å². The molecule has 110 valence electrons. The van der Waals surface area contributed by atoms with Crippen LogP contribution in [-0.2, 0) is 6.54 Å². The molecule has 0 bridgehead atoms. The van der Waals surface area contributed by atoms with Crippen LogP contribution in [0.15, 0.2) is 54.6 Å². The highest BCUT2D eigenvalue weighted by Crippen LogP contribution is 2.22. The highest BCUT2D eigenvalue weighted by Gasteiger charge is 2.09. The lowest BCUT2D eigenvalue weighted by Crippen LogP contribution is -2.22. The van der Waals surface area contributed by atoms with Crippen molar-refractivity contribution in [1.29, 1.82) is 0 Å². The fraction of sp³-hybridized carbons (Fsp3) is 0.0625. The Morgan fingerprint density at radius 3 is 2.50 bits per heavy atom. The number of hydrogen-bond donors (Lipinski definition) is 1. The van der Waals surface area contributed by atoms with Gasteiger partial charge >= 0.3 is 0 Å². The van der Waals surface area contributed by atoms with Crippen molar-refractivity contribution in [3.05, 3.63) is 71.0 Å². The predicted molar refractivity (Wildman–Crippen MR) is 82.9 cm³/mol. The van der Waals surface area contributed by atoms with Gasteiger partial charge in [0.1, 0.15) is 15.8 Å². The summed E-state index contributed by atoms with van der Waals surface area (Å²) in [5.41, 5.74) is 1.41. The molecule has 1 aromatic heterocycles. The zero-order valence-corrected chi connectivity index (χ0v) is 12.3. The van der Waals surface area contributed by atoms with Gasteiger partial charge in [0.25, 0.3) is 5.91 Å². The van der Waals surface area contributed by atoms with Crippen LogP contribution in [0.3, 0.4) is 0 Å². The third kappa shape index (κ3) is 3.35. The molecule has 4 nitrogen and oxygen atoms in total. The molecule has 0 aliphatic heterocycles. The lowest BCUT2D eigenvalue weighted by atomic mass is 10.2. The Kier molecular flexibility index (Phi) is 4.20. The van der Waals surface area contributed by atoms with Crippen molar-refractivity contribution in [2.75, 3.05) is 0 Å². The maximum atomic E-state index is 12.8. The minimum atomic E-state index is -0.367. The van der Waals surface area contributed by atoms with Gasteiger partial charge in [-0.05, 0) is 24.3 Å². The molecule has 1 amide bonds.